The summed E-state index contributed by atoms with van der Waals surface area (Å²) in [5, 5.41) is 6.12. The molecule has 1 amide bonds. The van der Waals surface area contributed by atoms with Crippen molar-refractivity contribution in [1.82, 2.24) is 4.98 Å². The first-order valence-corrected chi connectivity index (χ1v) is 8.71. The van der Waals surface area contributed by atoms with Gasteiger partial charge in [0, 0.05) is 5.69 Å². The number of benzene rings is 3. The largest absolute Gasteiger partial charge is 0.494 e. The lowest BCUT2D eigenvalue weighted by Gasteiger charge is -2.10. The lowest BCUT2D eigenvalue weighted by atomic mass is 10.1. The summed E-state index contributed by atoms with van der Waals surface area (Å²) in [6.07, 6.45) is 0. The highest BCUT2D eigenvalue weighted by Crippen LogP contribution is 2.33. The highest BCUT2D eigenvalue weighted by Gasteiger charge is 2.18. The van der Waals surface area contributed by atoms with Crippen LogP contribution in [0.4, 0.5) is 5.69 Å². The van der Waals surface area contributed by atoms with Gasteiger partial charge < -0.3 is 10.1 Å². The molecule has 0 aliphatic carbocycles. The number of methoxy groups -OCH3 is 1. The monoisotopic (exact) mass is 348 g/mol. The van der Waals surface area contributed by atoms with E-state index in [0.29, 0.717) is 11.3 Å². The SMILES string of the molecule is COc1c(C(=O)Nc2ccc3ccccc3c2)ccc2sc(C)nc12. The van der Waals surface area contributed by atoms with Crippen LogP contribution in [0.15, 0.2) is 54.6 Å². The van der Waals surface area contributed by atoms with Crippen molar-refractivity contribution in [1.29, 1.82) is 0 Å². The number of hydrogen-bond acceptors (Lipinski definition) is 4. The predicted molar refractivity (Wildman–Crippen MR) is 103 cm³/mol. The minimum absolute atomic E-state index is 0.209. The second kappa shape index (κ2) is 6.18. The number of anilines is 1. The topological polar surface area (TPSA) is 51.2 Å². The molecule has 0 aliphatic rings. The maximum absolute atomic E-state index is 12.8. The molecular formula is C20H16N2O2S. The summed E-state index contributed by atoms with van der Waals surface area (Å²) >= 11 is 1.58. The zero-order valence-corrected chi connectivity index (χ0v) is 14.7. The summed E-state index contributed by atoms with van der Waals surface area (Å²) in [7, 11) is 1.57. The lowest BCUT2D eigenvalue weighted by Crippen LogP contribution is -2.13. The third-order valence-corrected chi connectivity index (χ3v) is 5.01. The van der Waals surface area contributed by atoms with Crippen molar-refractivity contribution in [2.24, 2.45) is 0 Å². The molecule has 124 valence electrons. The molecule has 0 aliphatic heterocycles. The van der Waals surface area contributed by atoms with Crippen LogP contribution in [0.5, 0.6) is 5.75 Å². The van der Waals surface area contributed by atoms with Crippen LogP contribution in [0.3, 0.4) is 0 Å². The fourth-order valence-corrected chi connectivity index (χ4v) is 3.76. The lowest BCUT2D eigenvalue weighted by molar-refractivity contribution is 0.102. The van der Waals surface area contributed by atoms with Gasteiger partial charge in [0.2, 0.25) is 0 Å². The van der Waals surface area contributed by atoms with E-state index in [0.717, 1.165) is 31.7 Å². The first kappa shape index (κ1) is 15.6. The molecule has 0 atom stereocenters. The fourth-order valence-electron chi connectivity index (χ4n) is 2.93. The van der Waals surface area contributed by atoms with Gasteiger partial charge in [-0.2, -0.15) is 0 Å². The Morgan fingerprint density at radius 1 is 1.08 bits per heavy atom. The van der Waals surface area contributed by atoms with E-state index < -0.39 is 0 Å². The molecule has 4 nitrogen and oxygen atoms in total. The van der Waals surface area contributed by atoms with Gasteiger partial charge in [-0.1, -0.05) is 30.3 Å². The molecular weight excluding hydrogens is 332 g/mol. The Labute approximate surface area is 149 Å². The molecule has 0 radical (unpaired) electrons. The number of aryl methyl sites for hydroxylation is 1. The molecule has 1 aromatic heterocycles. The number of amides is 1. The third-order valence-electron chi connectivity index (χ3n) is 4.08. The van der Waals surface area contributed by atoms with Gasteiger partial charge in [0.1, 0.15) is 5.52 Å². The van der Waals surface area contributed by atoms with Crippen molar-refractivity contribution in [3.05, 3.63) is 65.2 Å². The van der Waals surface area contributed by atoms with Crippen molar-refractivity contribution in [2.45, 2.75) is 6.92 Å². The van der Waals surface area contributed by atoms with Crippen molar-refractivity contribution in [2.75, 3.05) is 12.4 Å². The molecule has 0 fully saturated rings. The minimum atomic E-state index is -0.209. The number of fused-ring (bicyclic) bond motifs is 2. The second-order valence-electron chi connectivity index (χ2n) is 5.74. The van der Waals surface area contributed by atoms with E-state index in [2.05, 4.69) is 10.3 Å². The van der Waals surface area contributed by atoms with E-state index in [1.54, 1.807) is 24.5 Å². The van der Waals surface area contributed by atoms with Gasteiger partial charge in [0.15, 0.2) is 5.75 Å². The number of ether oxygens (including phenoxy) is 1. The Morgan fingerprint density at radius 2 is 1.88 bits per heavy atom. The number of carbonyl (C=O) groups is 1. The summed E-state index contributed by atoms with van der Waals surface area (Å²) in [6, 6.07) is 17.6. The molecule has 3 aromatic carbocycles. The quantitative estimate of drug-likeness (QED) is 0.566. The molecule has 0 unspecified atom stereocenters. The van der Waals surface area contributed by atoms with Crippen LogP contribution in [0.25, 0.3) is 21.0 Å². The zero-order valence-electron chi connectivity index (χ0n) is 13.9. The van der Waals surface area contributed by atoms with Crippen LogP contribution in [0, 0.1) is 6.92 Å². The van der Waals surface area contributed by atoms with Crippen molar-refractivity contribution >= 4 is 43.9 Å². The Balaban J connectivity index is 1.71. The fraction of sp³-hybridized carbons (Fsp3) is 0.100. The standard InChI is InChI=1S/C20H16N2O2S/c1-12-21-18-17(25-12)10-9-16(19(18)24-2)20(23)22-15-8-7-13-5-3-4-6-14(13)11-15/h3-11H,1-2H3,(H,22,23). The average molecular weight is 348 g/mol. The molecule has 0 saturated carbocycles. The molecule has 25 heavy (non-hydrogen) atoms. The van der Waals surface area contributed by atoms with Gasteiger partial charge in [0.05, 0.1) is 22.4 Å². The summed E-state index contributed by atoms with van der Waals surface area (Å²) < 4.78 is 6.50. The van der Waals surface area contributed by atoms with Gasteiger partial charge >= 0.3 is 0 Å². The molecule has 0 spiro atoms. The number of aromatic nitrogens is 1. The molecule has 0 bridgehead atoms. The number of nitrogens with one attached hydrogen (secondary N) is 1. The normalized spacial score (nSPS) is 11.0. The summed E-state index contributed by atoms with van der Waals surface area (Å²) in [4.78, 5) is 17.3. The average Bonchev–Trinajstić information content (AvgIpc) is 3.00. The molecule has 4 rings (SSSR count). The number of rotatable bonds is 3. The molecule has 1 heterocycles. The number of carbonyl (C=O) groups excluding carboxylic acids is 1. The first-order chi connectivity index (χ1) is 12.2. The number of nitrogens with zero attached hydrogens (tertiary/aromatic N) is 1. The van der Waals surface area contributed by atoms with Crippen molar-refractivity contribution < 1.29 is 9.53 Å². The zero-order chi connectivity index (χ0) is 17.4. The van der Waals surface area contributed by atoms with Crippen LogP contribution in [0.1, 0.15) is 15.4 Å². The van der Waals surface area contributed by atoms with Crippen LogP contribution in [0.2, 0.25) is 0 Å². The van der Waals surface area contributed by atoms with E-state index >= 15 is 0 Å². The Bertz CT molecular complexity index is 1100. The Morgan fingerprint density at radius 3 is 2.68 bits per heavy atom. The Hall–Kier alpha value is -2.92. The van der Waals surface area contributed by atoms with E-state index in [1.807, 2.05) is 55.5 Å². The van der Waals surface area contributed by atoms with Gasteiger partial charge in [0.25, 0.3) is 5.91 Å². The van der Waals surface area contributed by atoms with Crippen LogP contribution in [-0.2, 0) is 0 Å². The van der Waals surface area contributed by atoms with Gasteiger partial charge in [-0.3, -0.25) is 4.79 Å². The molecule has 0 saturated heterocycles. The summed E-state index contributed by atoms with van der Waals surface area (Å²) in [6.45, 7) is 1.94. The van der Waals surface area contributed by atoms with E-state index in [-0.39, 0.29) is 5.91 Å². The maximum Gasteiger partial charge on any atom is 0.259 e. The van der Waals surface area contributed by atoms with Gasteiger partial charge in [-0.05, 0) is 42.0 Å². The van der Waals surface area contributed by atoms with E-state index in [4.69, 9.17) is 4.74 Å². The van der Waals surface area contributed by atoms with Crippen LogP contribution < -0.4 is 10.1 Å². The molecule has 5 heteroatoms. The number of thiazole rings is 1. The van der Waals surface area contributed by atoms with Crippen LogP contribution in [-0.4, -0.2) is 18.0 Å². The Kier molecular flexibility index (Phi) is 3.86. The van der Waals surface area contributed by atoms with Crippen molar-refractivity contribution in [3.8, 4) is 5.75 Å². The first-order valence-electron chi connectivity index (χ1n) is 7.90. The molecule has 1 N–H and O–H groups in total. The maximum atomic E-state index is 12.8. The molecule has 4 aromatic rings. The van der Waals surface area contributed by atoms with Crippen LogP contribution >= 0.6 is 11.3 Å². The second-order valence-corrected chi connectivity index (χ2v) is 6.98. The smallest absolute Gasteiger partial charge is 0.259 e. The van der Waals surface area contributed by atoms with Gasteiger partial charge in [-0.25, -0.2) is 4.98 Å². The summed E-state index contributed by atoms with van der Waals surface area (Å²) in [5.41, 5.74) is 1.96. The minimum Gasteiger partial charge on any atom is -0.494 e. The van der Waals surface area contributed by atoms with E-state index in [1.165, 1.54) is 0 Å². The van der Waals surface area contributed by atoms with E-state index in [9.17, 15) is 4.79 Å². The highest BCUT2D eigenvalue weighted by molar-refractivity contribution is 7.18. The number of hydrogen-bond donors (Lipinski definition) is 1. The van der Waals surface area contributed by atoms with Gasteiger partial charge in [-0.15, -0.1) is 11.3 Å². The van der Waals surface area contributed by atoms with Crippen molar-refractivity contribution in [3.63, 3.8) is 0 Å². The predicted octanol–water partition coefficient (Wildman–Crippen LogP) is 5.02. The summed E-state index contributed by atoms with van der Waals surface area (Å²) in [5.74, 6) is 0.305. The highest BCUT2D eigenvalue weighted by atomic mass is 32.1. The third kappa shape index (κ3) is 2.83.